The number of para-hydroxylation sites is 1. The summed E-state index contributed by atoms with van der Waals surface area (Å²) in [6.45, 7) is 0. The van der Waals surface area contributed by atoms with Crippen LogP contribution in [0.15, 0.2) is 71.1 Å². The number of carbonyl (C=O) groups is 1. The molecule has 0 aliphatic heterocycles. The van der Waals surface area contributed by atoms with Gasteiger partial charge in [-0.25, -0.2) is 4.79 Å². The number of benzene rings is 2. The van der Waals surface area contributed by atoms with Crippen molar-refractivity contribution in [2.45, 2.75) is 0 Å². The van der Waals surface area contributed by atoms with Crippen molar-refractivity contribution in [1.82, 2.24) is 0 Å². The van der Waals surface area contributed by atoms with Gasteiger partial charge in [0.2, 0.25) is 0 Å². The predicted octanol–water partition coefficient (Wildman–Crippen LogP) is 4.42. The van der Waals surface area contributed by atoms with Gasteiger partial charge in [-0.05, 0) is 47.3 Å². The molecule has 2 aromatic carbocycles. The number of anilines is 1. The summed E-state index contributed by atoms with van der Waals surface area (Å²) < 4.78 is 10.7. The van der Waals surface area contributed by atoms with Crippen molar-refractivity contribution < 1.29 is 14.3 Å². The Balaban J connectivity index is 1.70. The van der Waals surface area contributed by atoms with Gasteiger partial charge in [-0.2, -0.15) is 5.10 Å². The molecule has 1 heterocycles. The Kier molecular flexibility index (Phi) is 5.43. The Morgan fingerprint density at radius 2 is 1.92 bits per heavy atom. The first-order valence-electron chi connectivity index (χ1n) is 7.54. The average Bonchev–Trinajstić information content (AvgIpc) is 3.18. The van der Waals surface area contributed by atoms with Crippen LogP contribution in [0.2, 0.25) is 0 Å². The average molecular weight is 352 g/mol. The number of thiophene rings is 1. The van der Waals surface area contributed by atoms with Crippen LogP contribution in [-0.4, -0.2) is 19.3 Å². The van der Waals surface area contributed by atoms with E-state index < -0.39 is 5.97 Å². The molecule has 0 atom stereocenters. The SMILES string of the molecule is COc1cc(/C=N/Nc2ccccc2)ccc1OC(=O)c1cccs1. The van der Waals surface area contributed by atoms with Crippen molar-refractivity contribution in [3.05, 3.63) is 76.5 Å². The molecular formula is C19H16N2O3S. The number of esters is 1. The minimum atomic E-state index is -0.402. The zero-order chi connectivity index (χ0) is 17.5. The summed E-state index contributed by atoms with van der Waals surface area (Å²) in [6, 6.07) is 18.4. The fourth-order valence-electron chi connectivity index (χ4n) is 2.09. The third-order valence-electron chi connectivity index (χ3n) is 3.29. The highest BCUT2D eigenvalue weighted by Gasteiger charge is 2.13. The molecule has 6 heteroatoms. The lowest BCUT2D eigenvalue weighted by Gasteiger charge is -2.09. The molecule has 0 amide bonds. The molecule has 0 aliphatic carbocycles. The van der Waals surface area contributed by atoms with Gasteiger partial charge in [0.05, 0.1) is 19.0 Å². The van der Waals surface area contributed by atoms with E-state index in [9.17, 15) is 4.79 Å². The van der Waals surface area contributed by atoms with Crippen molar-refractivity contribution in [3.63, 3.8) is 0 Å². The van der Waals surface area contributed by atoms with Crippen molar-refractivity contribution in [3.8, 4) is 11.5 Å². The monoisotopic (exact) mass is 352 g/mol. The standard InChI is InChI=1S/C19H16N2O3S/c1-23-17-12-14(13-20-21-15-6-3-2-4-7-15)9-10-16(17)24-19(22)18-8-5-11-25-18/h2-13,21H,1H3/b20-13+. The maximum absolute atomic E-state index is 12.1. The van der Waals surface area contributed by atoms with E-state index in [1.165, 1.54) is 18.4 Å². The highest BCUT2D eigenvalue weighted by Crippen LogP contribution is 2.28. The van der Waals surface area contributed by atoms with Gasteiger partial charge >= 0.3 is 5.97 Å². The summed E-state index contributed by atoms with van der Waals surface area (Å²) in [7, 11) is 1.53. The van der Waals surface area contributed by atoms with E-state index in [4.69, 9.17) is 9.47 Å². The predicted molar refractivity (Wildman–Crippen MR) is 99.9 cm³/mol. The lowest BCUT2D eigenvalue weighted by Crippen LogP contribution is -2.07. The quantitative estimate of drug-likeness (QED) is 0.309. The van der Waals surface area contributed by atoms with E-state index in [-0.39, 0.29) is 0 Å². The second-order valence-electron chi connectivity index (χ2n) is 5.01. The number of methoxy groups -OCH3 is 1. The Hall–Kier alpha value is -3.12. The second kappa shape index (κ2) is 8.12. The molecule has 3 aromatic rings. The van der Waals surface area contributed by atoms with Crippen LogP contribution >= 0.6 is 11.3 Å². The number of nitrogens with one attached hydrogen (secondary N) is 1. The Morgan fingerprint density at radius 1 is 1.08 bits per heavy atom. The van der Waals surface area contributed by atoms with Gasteiger partial charge < -0.3 is 9.47 Å². The van der Waals surface area contributed by atoms with Crippen LogP contribution in [0.5, 0.6) is 11.5 Å². The second-order valence-corrected chi connectivity index (χ2v) is 5.96. The third-order valence-corrected chi connectivity index (χ3v) is 4.14. The largest absolute Gasteiger partial charge is 0.493 e. The maximum Gasteiger partial charge on any atom is 0.353 e. The zero-order valence-electron chi connectivity index (χ0n) is 13.5. The van der Waals surface area contributed by atoms with Gasteiger partial charge in [0.15, 0.2) is 11.5 Å². The maximum atomic E-state index is 12.1. The highest BCUT2D eigenvalue weighted by molar-refractivity contribution is 7.12. The first-order chi connectivity index (χ1) is 12.3. The van der Waals surface area contributed by atoms with Gasteiger partial charge in [0, 0.05) is 0 Å². The number of hydrogen-bond donors (Lipinski definition) is 1. The minimum absolute atomic E-state index is 0.370. The highest BCUT2D eigenvalue weighted by atomic mass is 32.1. The van der Waals surface area contributed by atoms with E-state index >= 15 is 0 Å². The van der Waals surface area contributed by atoms with E-state index in [0.717, 1.165) is 11.3 Å². The molecule has 3 rings (SSSR count). The normalized spacial score (nSPS) is 10.6. The molecule has 1 aromatic heterocycles. The zero-order valence-corrected chi connectivity index (χ0v) is 14.3. The first-order valence-corrected chi connectivity index (χ1v) is 8.42. The first kappa shape index (κ1) is 16.7. The Morgan fingerprint density at radius 3 is 2.64 bits per heavy atom. The molecule has 0 radical (unpaired) electrons. The van der Waals surface area contributed by atoms with Crippen LogP contribution in [0.4, 0.5) is 5.69 Å². The van der Waals surface area contributed by atoms with Crippen molar-refractivity contribution in [2.24, 2.45) is 5.10 Å². The number of carbonyl (C=O) groups excluding carboxylic acids is 1. The minimum Gasteiger partial charge on any atom is -0.493 e. The summed E-state index contributed by atoms with van der Waals surface area (Å²) in [6.07, 6.45) is 1.67. The summed E-state index contributed by atoms with van der Waals surface area (Å²) in [5.41, 5.74) is 4.65. The van der Waals surface area contributed by atoms with Gasteiger partial charge in [-0.3, -0.25) is 5.43 Å². The molecule has 0 fully saturated rings. The topological polar surface area (TPSA) is 59.9 Å². The van der Waals surface area contributed by atoms with Crippen LogP contribution in [0.3, 0.4) is 0 Å². The van der Waals surface area contributed by atoms with Gasteiger partial charge in [-0.15, -0.1) is 11.3 Å². The van der Waals surface area contributed by atoms with E-state index in [1.54, 1.807) is 36.5 Å². The molecule has 0 aliphatic rings. The Bertz CT molecular complexity index is 862. The molecule has 0 unspecified atom stereocenters. The molecule has 0 saturated heterocycles. The molecule has 0 spiro atoms. The smallest absolute Gasteiger partial charge is 0.353 e. The van der Waals surface area contributed by atoms with Gasteiger partial charge in [-0.1, -0.05) is 24.3 Å². The van der Waals surface area contributed by atoms with Crippen molar-refractivity contribution >= 4 is 29.2 Å². The molecule has 25 heavy (non-hydrogen) atoms. The van der Waals surface area contributed by atoms with Crippen molar-refractivity contribution in [1.29, 1.82) is 0 Å². The summed E-state index contributed by atoms with van der Waals surface area (Å²) in [5.74, 6) is 0.433. The molecule has 1 N–H and O–H groups in total. The van der Waals surface area contributed by atoms with Crippen LogP contribution in [0, 0.1) is 0 Å². The number of hydrogen-bond acceptors (Lipinski definition) is 6. The lowest BCUT2D eigenvalue weighted by atomic mass is 10.2. The number of rotatable bonds is 6. The van der Waals surface area contributed by atoms with E-state index in [2.05, 4.69) is 10.5 Å². The lowest BCUT2D eigenvalue weighted by molar-refractivity contribution is 0.0735. The van der Waals surface area contributed by atoms with Gasteiger partial charge in [0.1, 0.15) is 4.88 Å². The van der Waals surface area contributed by atoms with Crippen molar-refractivity contribution in [2.75, 3.05) is 12.5 Å². The Labute approximate surface area is 149 Å². The molecule has 5 nitrogen and oxygen atoms in total. The van der Waals surface area contributed by atoms with Crippen LogP contribution in [0.25, 0.3) is 0 Å². The molecular weight excluding hydrogens is 336 g/mol. The molecule has 0 saturated carbocycles. The van der Waals surface area contributed by atoms with Crippen LogP contribution in [0.1, 0.15) is 15.2 Å². The van der Waals surface area contributed by atoms with E-state index in [0.29, 0.717) is 16.4 Å². The fraction of sp³-hybridized carbons (Fsp3) is 0.0526. The number of nitrogens with zero attached hydrogens (tertiary/aromatic N) is 1. The molecule has 0 bridgehead atoms. The summed E-state index contributed by atoms with van der Waals surface area (Å²) >= 11 is 1.33. The number of hydrazone groups is 1. The van der Waals surface area contributed by atoms with Crippen LogP contribution < -0.4 is 14.9 Å². The molecule has 126 valence electrons. The number of ether oxygens (including phenoxy) is 2. The fourth-order valence-corrected chi connectivity index (χ4v) is 2.69. The van der Waals surface area contributed by atoms with E-state index in [1.807, 2.05) is 35.7 Å². The third kappa shape index (κ3) is 4.45. The summed E-state index contributed by atoms with van der Waals surface area (Å²) in [5, 5.41) is 6.01. The summed E-state index contributed by atoms with van der Waals surface area (Å²) in [4.78, 5) is 12.6. The van der Waals surface area contributed by atoms with Gasteiger partial charge in [0.25, 0.3) is 0 Å². The van der Waals surface area contributed by atoms with Crippen LogP contribution in [-0.2, 0) is 0 Å².